The molecular formula is C21H24Cl2N4O3. The van der Waals surface area contributed by atoms with E-state index in [0.29, 0.717) is 28.0 Å². The van der Waals surface area contributed by atoms with E-state index < -0.39 is 5.97 Å². The average Bonchev–Trinajstić information content (AvgIpc) is 2.73. The number of anilines is 2. The lowest BCUT2D eigenvalue weighted by molar-refractivity contribution is -0.137. The van der Waals surface area contributed by atoms with Crippen molar-refractivity contribution in [3.05, 3.63) is 52.1 Å². The molecule has 9 heteroatoms. The molecule has 1 aliphatic heterocycles. The third kappa shape index (κ3) is 5.84. The second-order valence-electron chi connectivity index (χ2n) is 7.30. The Morgan fingerprint density at radius 1 is 1.20 bits per heavy atom. The van der Waals surface area contributed by atoms with E-state index in [1.807, 2.05) is 13.1 Å². The monoisotopic (exact) mass is 450 g/mol. The van der Waals surface area contributed by atoms with Crippen LogP contribution in [0.3, 0.4) is 0 Å². The average molecular weight is 451 g/mol. The minimum Gasteiger partial charge on any atom is -0.481 e. The number of hydrogen-bond donors (Lipinski definition) is 2. The number of aliphatic carboxylic acids is 1. The Balaban J connectivity index is 1.70. The number of benzene rings is 1. The first-order valence-electron chi connectivity index (χ1n) is 9.73. The first kappa shape index (κ1) is 22.3. The first-order valence-corrected chi connectivity index (χ1v) is 10.5. The van der Waals surface area contributed by atoms with Gasteiger partial charge in [0.05, 0.1) is 17.0 Å². The van der Waals surface area contributed by atoms with Gasteiger partial charge in [-0.2, -0.15) is 0 Å². The van der Waals surface area contributed by atoms with Crippen LogP contribution in [-0.2, 0) is 4.79 Å². The lowest BCUT2D eigenvalue weighted by Gasteiger charge is -2.38. The van der Waals surface area contributed by atoms with Crippen LogP contribution in [0.25, 0.3) is 0 Å². The fourth-order valence-electron chi connectivity index (χ4n) is 3.61. The molecule has 1 aromatic heterocycles. The zero-order valence-corrected chi connectivity index (χ0v) is 18.2. The van der Waals surface area contributed by atoms with Crippen molar-refractivity contribution in [3.63, 3.8) is 0 Å². The highest BCUT2D eigenvalue weighted by molar-refractivity contribution is 6.31. The molecule has 1 saturated heterocycles. The van der Waals surface area contributed by atoms with Gasteiger partial charge in [-0.05, 0) is 43.2 Å². The van der Waals surface area contributed by atoms with Gasteiger partial charge in [-0.15, -0.1) is 0 Å². The van der Waals surface area contributed by atoms with E-state index in [1.165, 1.54) is 6.20 Å². The summed E-state index contributed by atoms with van der Waals surface area (Å²) in [6, 6.07) is 8.82. The fourth-order valence-corrected chi connectivity index (χ4v) is 3.90. The Morgan fingerprint density at radius 3 is 2.53 bits per heavy atom. The van der Waals surface area contributed by atoms with Crippen molar-refractivity contribution < 1.29 is 14.7 Å². The van der Waals surface area contributed by atoms with Crippen molar-refractivity contribution in [2.75, 3.05) is 36.9 Å². The number of carbonyl (C=O) groups excluding carboxylic acids is 1. The minimum absolute atomic E-state index is 0.154. The molecule has 3 rings (SSSR count). The largest absolute Gasteiger partial charge is 0.481 e. The molecule has 0 saturated carbocycles. The van der Waals surface area contributed by atoms with Crippen LogP contribution in [-0.4, -0.2) is 59.6 Å². The lowest BCUT2D eigenvalue weighted by atomic mass is 10.0. The number of halogens is 2. The summed E-state index contributed by atoms with van der Waals surface area (Å²) in [4.78, 5) is 32.1. The maximum absolute atomic E-state index is 12.9. The van der Waals surface area contributed by atoms with Gasteiger partial charge in [0.2, 0.25) is 0 Å². The van der Waals surface area contributed by atoms with Gasteiger partial charge in [-0.25, -0.2) is 4.98 Å². The predicted octanol–water partition coefficient (Wildman–Crippen LogP) is 4.02. The smallest absolute Gasteiger partial charge is 0.304 e. The van der Waals surface area contributed by atoms with Crippen LogP contribution in [0, 0.1) is 0 Å². The summed E-state index contributed by atoms with van der Waals surface area (Å²) in [5.41, 5.74) is 1.25. The number of pyridine rings is 1. The van der Waals surface area contributed by atoms with Crippen LogP contribution in [0.4, 0.5) is 11.5 Å². The zero-order valence-electron chi connectivity index (χ0n) is 16.6. The van der Waals surface area contributed by atoms with Gasteiger partial charge in [0.15, 0.2) is 0 Å². The molecule has 0 radical (unpaired) electrons. The molecule has 0 spiro atoms. The third-order valence-electron chi connectivity index (χ3n) is 5.30. The van der Waals surface area contributed by atoms with Gasteiger partial charge in [0, 0.05) is 49.6 Å². The molecule has 30 heavy (non-hydrogen) atoms. The molecule has 7 nitrogen and oxygen atoms in total. The number of piperidine rings is 1. The van der Waals surface area contributed by atoms with Gasteiger partial charge in [0.1, 0.15) is 5.82 Å². The molecule has 160 valence electrons. The standard InChI is InChI=1S/C21H24Cl2N4O3/c1-26(16-6-9-27(10-7-16)11-8-20(28)29)18-4-2-14(22)12-17(18)21(30)25-19-5-3-15(23)13-24-19/h2-5,12-13,16H,6-11H2,1H3,(H,28,29)(H,24,25,30). The number of carbonyl (C=O) groups is 2. The van der Waals surface area contributed by atoms with Crippen LogP contribution in [0.5, 0.6) is 0 Å². The molecule has 0 unspecified atom stereocenters. The number of carboxylic acid groups (broad SMARTS) is 1. The Hall–Kier alpha value is -2.35. The van der Waals surface area contributed by atoms with E-state index in [1.54, 1.807) is 24.3 Å². The van der Waals surface area contributed by atoms with Crippen LogP contribution in [0.2, 0.25) is 10.0 Å². The SMILES string of the molecule is CN(c1ccc(Cl)cc1C(=O)Nc1ccc(Cl)cn1)C1CCN(CCC(=O)O)CC1. The summed E-state index contributed by atoms with van der Waals surface area (Å²) in [7, 11) is 1.97. The number of amides is 1. The summed E-state index contributed by atoms with van der Waals surface area (Å²) >= 11 is 12.0. The summed E-state index contributed by atoms with van der Waals surface area (Å²) < 4.78 is 0. The van der Waals surface area contributed by atoms with Crippen molar-refractivity contribution in [2.45, 2.75) is 25.3 Å². The maximum atomic E-state index is 12.9. The Bertz CT molecular complexity index is 900. The number of carboxylic acids is 1. The van der Waals surface area contributed by atoms with Crippen LogP contribution >= 0.6 is 23.2 Å². The molecule has 1 aromatic carbocycles. The minimum atomic E-state index is -0.777. The Morgan fingerprint density at radius 2 is 1.90 bits per heavy atom. The highest BCUT2D eigenvalue weighted by Crippen LogP contribution is 2.29. The van der Waals surface area contributed by atoms with E-state index in [-0.39, 0.29) is 18.4 Å². The van der Waals surface area contributed by atoms with Crippen LogP contribution < -0.4 is 10.2 Å². The normalized spacial score (nSPS) is 15.0. The van der Waals surface area contributed by atoms with Crippen molar-refractivity contribution in [1.82, 2.24) is 9.88 Å². The van der Waals surface area contributed by atoms with E-state index in [4.69, 9.17) is 28.3 Å². The second kappa shape index (κ2) is 10.1. The molecule has 0 aliphatic carbocycles. The lowest BCUT2D eigenvalue weighted by Crippen LogP contribution is -2.44. The molecule has 2 heterocycles. The van der Waals surface area contributed by atoms with E-state index in [0.717, 1.165) is 31.6 Å². The first-order chi connectivity index (χ1) is 14.3. The molecule has 2 aromatic rings. The van der Waals surface area contributed by atoms with Gasteiger partial charge in [-0.3, -0.25) is 9.59 Å². The van der Waals surface area contributed by atoms with Gasteiger partial charge in [-0.1, -0.05) is 23.2 Å². The number of rotatable bonds is 7. The van der Waals surface area contributed by atoms with Crippen molar-refractivity contribution in [3.8, 4) is 0 Å². The molecule has 1 amide bonds. The van der Waals surface area contributed by atoms with Crippen LogP contribution in [0.1, 0.15) is 29.6 Å². The number of likely N-dealkylation sites (tertiary alicyclic amines) is 1. The number of nitrogens with zero attached hydrogens (tertiary/aromatic N) is 3. The van der Waals surface area contributed by atoms with Crippen LogP contribution in [0.15, 0.2) is 36.5 Å². The van der Waals surface area contributed by atoms with E-state index in [9.17, 15) is 9.59 Å². The van der Waals surface area contributed by atoms with E-state index in [2.05, 4.69) is 20.1 Å². The molecular weight excluding hydrogens is 427 g/mol. The summed E-state index contributed by atoms with van der Waals surface area (Å²) in [6.07, 6.45) is 3.40. The van der Waals surface area contributed by atoms with Crippen molar-refractivity contribution in [2.24, 2.45) is 0 Å². The van der Waals surface area contributed by atoms with Crippen molar-refractivity contribution in [1.29, 1.82) is 0 Å². The summed E-state index contributed by atoms with van der Waals surface area (Å²) in [5.74, 6) is -0.668. The topological polar surface area (TPSA) is 85.8 Å². The predicted molar refractivity (Wildman–Crippen MR) is 119 cm³/mol. The highest BCUT2D eigenvalue weighted by atomic mass is 35.5. The molecule has 1 fully saturated rings. The van der Waals surface area contributed by atoms with Crippen molar-refractivity contribution >= 4 is 46.6 Å². The highest BCUT2D eigenvalue weighted by Gasteiger charge is 2.25. The number of nitrogens with one attached hydrogen (secondary N) is 1. The van der Waals surface area contributed by atoms with Gasteiger partial charge >= 0.3 is 5.97 Å². The molecule has 1 aliphatic rings. The molecule has 2 N–H and O–H groups in total. The Labute approximate surface area is 185 Å². The van der Waals surface area contributed by atoms with Gasteiger partial charge < -0.3 is 20.2 Å². The molecule has 0 atom stereocenters. The Kier molecular flexibility index (Phi) is 7.53. The third-order valence-corrected chi connectivity index (χ3v) is 5.76. The zero-order chi connectivity index (χ0) is 21.7. The summed E-state index contributed by atoms with van der Waals surface area (Å²) in [5, 5.41) is 12.6. The summed E-state index contributed by atoms with van der Waals surface area (Å²) in [6.45, 7) is 2.21. The maximum Gasteiger partial charge on any atom is 0.304 e. The van der Waals surface area contributed by atoms with Gasteiger partial charge in [0.25, 0.3) is 5.91 Å². The number of hydrogen-bond acceptors (Lipinski definition) is 5. The quantitative estimate of drug-likeness (QED) is 0.662. The number of aromatic nitrogens is 1. The molecule has 0 bridgehead atoms. The fraction of sp³-hybridized carbons (Fsp3) is 0.381. The second-order valence-corrected chi connectivity index (χ2v) is 8.18. The van der Waals surface area contributed by atoms with E-state index >= 15 is 0 Å².